The van der Waals surface area contributed by atoms with Crippen LogP contribution in [0.3, 0.4) is 0 Å². The third-order valence-corrected chi connectivity index (χ3v) is 6.28. The van der Waals surface area contributed by atoms with Crippen molar-refractivity contribution in [2.75, 3.05) is 7.05 Å². The minimum Gasteiger partial charge on any atom is -0.550 e. The SMILES string of the molecule is CC(C)c1c(C(=O)N(C)Cc2ccc(F)c(F)c2)nn(-c2ccc(F)cc2)c1CC[C@@H](O)C[C@@H](O)CC(=O)[O-].[Na+]. The molecule has 0 radical (unpaired) electrons. The Morgan fingerprint density at radius 3 is 2.25 bits per heavy atom. The zero-order valence-corrected chi connectivity index (χ0v) is 24.9. The molecule has 2 atom stereocenters. The number of aliphatic hydroxyl groups excluding tert-OH is 2. The maximum Gasteiger partial charge on any atom is 1.00 e. The molecule has 0 spiro atoms. The topological polar surface area (TPSA) is 119 Å². The number of benzene rings is 2. The number of halogens is 3. The minimum absolute atomic E-state index is 0. The van der Waals surface area contributed by atoms with Gasteiger partial charge in [-0.3, -0.25) is 4.79 Å². The van der Waals surface area contributed by atoms with Crippen LogP contribution < -0.4 is 34.7 Å². The second-order valence-corrected chi connectivity index (χ2v) is 9.82. The van der Waals surface area contributed by atoms with Crippen LogP contribution in [0.5, 0.6) is 0 Å². The molecule has 0 aliphatic rings. The average molecular weight is 570 g/mol. The quantitative estimate of drug-likeness (QED) is 0.294. The van der Waals surface area contributed by atoms with Crippen LogP contribution in [-0.4, -0.2) is 56.0 Å². The van der Waals surface area contributed by atoms with E-state index in [0.29, 0.717) is 22.5 Å². The van der Waals surface area contributed by atoms with Gasteiger partial charge in [-0.2, -0.15) is 5.10 Å². The summed E-state index contributed by atoms with van der Waals surface area (Å²) in [4.78, 5) is 25.6. The van der Waals surface area contributed by atoms with Gasteiger partial charge in [0.1, 0.15) is 5.82 Å². The summed E-state index contributed by atoms with van der Waals surface area (Å²) < 4.78 is 42.2. The summed E-state index contributed by atoms with van der Waals surface area (Å²) in [6.07, 6.45) is -2.79. The Balaban J connectivity index is 0.00000560. The summed E-state index contributed by atoms with van der Waals surface area (Å²) in [7, 11) is 1.51. The van der Waals surface area contributed by atoms with Gasteiger partial charge in [0.25, 0.3) is 5.91 Å². The van der Waals surface area contributed by atoms with Crippen molar-refractivity contribution in [3.8, 4) is 5.69 Å². The van der Waals surface area contributed by atoms with E-state index in [9.17, 15) is 38.1 Å². The van der Waals surface area contributed by atoms with Gasteiger partial charge in [0.05, 0.1) is 17.9 Å². The zero-order valence-electron chi connectivity index (χ0n) is 22.9. The fourth-order valence-electron chi connectivity index (χ4n) is 4.44. The molecule has 8 nitrogen and oxygen atoms in total. The van der Waals surface area contributed by atoms with Gasteiger partial charge < -0.3 is 25.0 Å². The van der Waals surface area contributed by atoms with Crippen molar-refractivity contribution in [1.29, 1.82) is 0 Å². The van der Waals surface area contributed by atoms with Crippen molar-refractivity contribution in [2.24, 2.45) is 0 Å². The summed E-state index contributed by atoms with van der Waals surface area (Å²) in [6.45, 7) is 3.71. The smallest absolute Gasteiger partial charge is 0.550 e. The number of aromatic nitrogens is 2. The van der Waals surface area contributed by atoms with Crippen LogP contribution in [0.4, 0.5) is 13.2 Å². The second kappa shape index (κ2) is 14.8. The number of nitrogens with zero attached hydrogens (tertiary/aromatic N) is 3. The zero-order chi connectivity index (χ0) is 28.9. The van der Waals surface area contributed by atoms with E-state index in [2.05, 4.69) is 5.10 Å². The van der Waals surface area contributed by atoms with Gasteiger partial charge in [-0.25, -0.2) is 17.9 Å². The third kappa shape index (κ3) is 8.65. The summed E-state index contributed by atoms with van der Waals surface area (Å²) in [5.41, 5.74) is 2.13. The number of carbonyl (C=O) groups is 2. The van der Waals surface area contributed by atoms with E-state index in [1.807, 2.05) is 13.8 Å². The van der Waals surface area contributed by atoms with Crippen LogP contribution in [-0.2, 0) is 17.8 Å². The molecule has 0 saturated carbocycles. The maximum absolute atomic E-state index is 13.7. The molecule has 12 heteroatoms. The summed E-state index contributed by atoms with van der Waals surface area (Å²) in [5.74, 6) is -4.59. The monoisotopic (exact) mass is 569 g/mol. The van der Waals surface area contributed by atoms with E-state index < -0.39 is 48.0 Å². The van der Waals surface area contributed by atoms with E-state index >= 15 is 0 Å². The van der Waals surface area contributed by atoms with Gasteiger partial charge >= 0.3 is 29.6 Å². The van der Waals surface area contributed by atoms with Crippen LogP contribution >= 0.6 is 0 Å². The van der Waals surface area contributed by atoms with Crippen molar-refractivity contribution >= 4 is 11.9 Å². The van der Waals surface area contributed by atoms with Crippen LogP contribution in [0.2, 0.25) is 0 Å². The molecule has 0 aliphatic carbocycles. The standard InChI is InChI=1S/C28H32F3N3O5.Na/c1-16(2)26-24(11-9-20(35)13-21(36)14-25(37)38)34(19-7-5-18(29)6-8-19)32-27(26)28(39)33(3)15-17-4-10-22(30)23(31)12-17;/h4-8,10,12,16,20-21,35-36H,9,11,13-15H2,1-3H3,(H,37,38);/q;+1/p-1/t20-,21-;/m1./s1. The van der Waals surface area contributed by atoms with Crippen molar-refractivity contribution in [2.45, 2.75) is 64.2 Å². The molecular weight excluding hydrogens is 538 g/mol. The molecule has 210 valence electrons. The number of hydrogen-bond donors (Lipinski definition) is 2. The molecule has 0 fully saturated rings. The van der Waals surface area contributed by atoms with Gasteiger partial charge in [-0.1, -0.05) is 19.9 Å². The Hall–Kier alpha value is -2.70. The molecular formula is C28H31F3N3NaO5. The Kier molecular flexibility index (Phi) is 12.4. The van der Waals surface area contributed by atoms with E-state index in [0.717, 1.165) is 12.1 Å². The largest absolute Gasteiger partial charge is 1.00 e. The van der Waals surface area contributed by atoms with E-state index in [1.54, 1.807) is 0 Å². The molecule has 0 saturated heterocycles. The number of carboxylic acids is 1. The second-order valence-electron chi connectivity index (χ2n) is 9.82. The molecule has 1 amide bonds. The third-order valence-electron chi connectivity index (χ3n) is 6.28. The Bertz CT molecular complexity index is 1320. The Morgan fingerprint density at radius 1 is 1.02 bits per heavy atom. The normalized spacial score (nSPS) is 12.6. The van der Waals surface area contributed by atoms with Gasteiger partial charge in [-0.15, -0.1) is 0 Å². The molecule has 0 unspecified atom stereocenters. The van der Waals surface area contributed by atoms with Crippen molar-refractivity contribution in [3.63, 3.8) is 0 Å². The number of aliphatic carboxylic acids is 1. The van der Waals surface area contributed by atoms with Gasteiger partial charge in [0.2, 0.25) is 0 Å². The van der Waals surface area contributed by atoms with E-state index in [1.165, 1.54) is 47.0 Å². The molecule has 3 rings (SSSR count). The fourth-order valence-corrected chi connectivity index (χ4v) is 4.44. The summed E-state index contributed by atoms with van der Waals surface area (Å²) in [5, 5.41) is 35.6. The predicted molar refractivity (Wildman–Crippen MR) is 134 cm³/mol. The first-order valence-electron chi connectivity index (χ1n) is 12.5. The molecule has 0 aliphatic heterocycles. The van der Waals surface area contributed by atoms with Crippen molar-refractivity contribution < 1.29 is 67.6 Å². The minimum atomic E-state index is -1.43. The maximum atomic E-state index is 13.7. The van der Waals surface area contributed by atoms with Gasteiger partial charge in [0.15, 0.2) is 17.3 Å². The number of amides is 1. The Morgan fingerprint density at radius 2 is 1.68 bits per heavy atom. The number of carboxylic acid groups (broad SMARTS) is 1. The number of hydrogen-bond acceptors (Lipinski definition) is 6. The van der Waals surface area contributed by atoms with Crippen LogP contribution in [0, 0.1) is 17.5 Å². The van der Waals surface area contributed by atoms with Crippen LogP contribution in [0.1, 0.15) is 66.3 Å². The van der Waals surface area contributed by atoms with Crippen LogP contribution in [0.15, 0.2) is 42.5 Å². The molecule has 3 aromatic rings. The molecule has 0 bridgehead atoms. The first kappa shape index (κ1) is 33.5. The van der Waals surface area contributed by atoms with E-state index in [4.69, 9.17) is 0 Å². The first-order chi connectivity index (χ1) is 18.4. The van der Waals surface area contributed by atoms with Gasteiger partial charge in [-0.05, 0) is 67.1 Å². The molecule has 2 N–H and O–H groups in total. The Labute approximate surface area is 252 Å². The fraction of sp³-hybridized carbons (Fsp3) is 0.393. The average Bonchev–Trinajstić information content (AvgIpc) is 3.24. The summed E-state index contributed by atoms with van der Waals surface area (Å²) >= 11 is 0. The first-order valence-corrected chi connectivity index (χ1v) is 12.5. The molecule has 1 aromatic heterocycles. The molecule has 40 heavy (non-hydrogen) atoms. The number of rotatable bonds is 12. The van der Waals surface area contributed by atoms with E-state index in [-0.39, 0.29) is 67.0 Å². The van der Waals surface area contributed by atoms with Crippen molar-refractivity contribution in [1.82, 2.24) is 14.7 Å². The molecule has 1 heterocycles. The summed E-state index contributed by atoms with van der Waals surface area (Å²) in [6, 6.07) is 8.87. The van der Waals surface area contributed by atoms with Crippen LogP contribution in [0.25, 0.3) is 5.69 Å². The molecule has 2 aromatic carbocycles. The van der Waals surface area contributed by atoms with Crippen molar-refractivity contribution in [3.05, 3.63) is 82.4 Å². The van der Waals surface area contributed by atoms with Gasteiger partial charge in [0, 0.05) is 37.2 Å². The number of aliphatic hydroxyl groups is 2. The number of carbonyl (C=O) groups excluding carboxylic acids is 2. The predicted octanol–water partition coefficient (Wildman–Crippen LogP) is -0.126.